The fourth-order valence-electron chi connectivity index (χ4n) is 3.21. The number of para-hydroxylation sites is 1. The summed E-state index contributed by atoms with van der Waals surface area (Å²) in [5.74, 6) is 1.17. The van der Waals surface area contributed by atoms with Crippen LogP contribution in [0.2, 0.25) is 0 Å². The third kappa shape index (κ3) is 4.39. The van der Waals surface area contributed by atoms with Crippen LogP contribution in [0.5, 0.6) is 0 Å². The van der Waals surface area contributed by atoms with Gasteiger partial charge in [0.25, 0.3) is 0 Å². The van der Waals surface area contributed by atoms with Crippen molar-refractivity contribution < 1.29 is 9.59 Å². The molecule has 1 heterocycles. The molecule has 0 bridgehead atoms. The van der Waals surface area contributed by atoms with E-state index in [1.54, 1.807) is 18.2 Å². The molecule has 0 aliphatic carbocycles. The smallest absolute Gasteiger partial charge is 0.238 e. The van der Waals surface area contributed by atoms with Crippen molar-refractivity contribution in [3.63, 3.8) is 0 Å². The number of piperidine rings is 1. The molecule has 1 aliphatic heterocycles. The zero-order valence-electron chi connectivity index (χ0n) is 13.1. The quantitative estimate of drug-likeness (QED) is 0.867. The number of benzene rings is 1. The number of nitrogens with one attached hydrogen (secondary N) is 1. The highest BCUT2D eigenvalue weighted by Gasteiger charge is 2.23. The Bertz CT molecular complexity index is 517. The number of carbonyl (C=O) groups excluding carboxylic acids is 2. The van der Waals surface area contributed by atoms with Crippen molar-refractivity contribution in [1.82, 2.24) is 4.90 Å². The van der Waals surface area contributed by atoms with Gasteiger partial charge in [-0.25, -0.2) is 0 Å². The van der Waals surface area contributed by atoms with Gasteiger partial charge in [-0.05, 0) is 37.3 Å². The molecule has 1 amide bonds. The maximum atomic E-state index is 12.2. The normalized spacial score (nSPS) is 22.8. The molecular weight excluding hydrogens is 264 g/mol. The summed E-state index contributed by atoms with van der Waals surface area (Å²) in [5.41, 5.74) is 1.17. The summed E-state index contributed by atoms with van der Waals surface area (Å²) in [5, 5.41) is 2.87. The summed E-state index contributed by atoms with van der Waals surface area (Å²) >= 11 is 0. The maximum absolute atomic E-state index is 12.2. The zero-order valence-corrected chi connectivity index (χ0v) is 13.1. The van der Waals surface area contributed by atoms with Crippen molar-refractivity contribution in [3.8, 4) is 0 Å². The van der Waals surface area contributed by atoms with Crippen molar-refractivity contribution in [3.05, 3.63) is 29.8 Å². The average Bonchev–Trinajstić information content (AvgIpc) is 2.37. The molecule has 1 aromatic rings. The van der Waals surface area contributed by atoms with Crippen LogP contribution in [0, 0.1) is 11.8 Å². The molecule has 1 aromatic carbocycles. The Labute approximate surface area is 126 Å². The van der Waals surface area contributed by atoms with Crippen molar-refractivity contribution >= 4 is 17.4 Å². The van der Waals surface area contributed by atoms with Gasteiger partial charge in [-0.3, -0.25) is 14.5 Å². The summed E-state index contributed by atoms with van der Waals surface area (Å²) in [4.78, 5) is 26.0. The van der Waals surface area contributed by atoms with Gasteiger partial charge >= 0.3 is 0 Å². The lowest BCUT2D eigenvalue weighted by Crippen LogP contribution is -2.42. The molecule has 0 aromatic heterocycles. The van der Waals surface area contributed by atoms with Crippen LogP contribution in [-0.2, 0) is 4.79 Å². The first-order chi connectivity index (χ1) is 9.95. The highest BCUT2D eigenvalue weighted by atomic mass is 16.2. The number of nitrogens with zero attached hydrogens (tertiary/aromatic N) is 1. The number of Topliss-reactive ketones (excluding diaryl/α,β-unsaturated/α-hetero) is 1. The molecule has 0 saturated carbocycles. The van der Waals surface area contributed by atoms with Gasteiger partial charge in [0, 0.05) is 18.7 Å². The molecular formula is C17H24N2O2. The van der Waals surface area contributed by atoms with Crippen LogP contribution in [-0.4, -0.2) is 36.2 Å². The number of anilines is 1. The van der Waals surface area contributed by atoms with E-state index in [9.17, 15) is 9.59 Å². The number of ketones is 1. The molecule has 0 spiro atoms. The summed E-state index contributed by atoms with van der Waals surface area (Å²) in [6, 6.07) is 7.15. The van der Waals surface area contributed by atoms with Crippen LogP contribution in [0.4, 0.5) is 5.69 Å². The Kier molecular flexibility index (Phi) is 5.12. The van der Waals surface area contributed by atoms with E-state index in [1.807, 2.05) is 6.07 Å². The SMILES string of the molecule is CC(=O)c1ccccc1NC(=O)CN1C[C@H](C)C[C@H](C)C1. The van der Waals surface area contributed by atoms with E-state index < -0.39 is 0 Å². The summed E-state index contributed by atoms with van der Waals surface area (Å²) < 4.78 is 0. The van der Waals surface area contributed by atoms with E-state index >= 15 is 0 Å². The van der Waals surface area contributed by atoms with Gasteiger partial charge < -0.3 is 5.32 Å². The molecule has 114 valence electrons. The molecule has 1 N–H and O–H groups in total. The second-order valence-electron chi connectivity index (χ2n) is 6.29. The van der Waals surface area contributed by atoms with Crippen LogP contribution in [0.15, 0.2) is 24.3 Å². The van der Waals surface area contributed by atoms with Gasteiger partial charge in [-0.1, -0.05) is 26.0 Å². The van der Waals surface area contributed by atoms with Crippen LogP contribution < -0.4 is 5.32 Å². The first kappa shape index (κ1) is 15.7. The first-order valence-corrected chi connectivity index (χ1v) is 7.58. The Balaban J connectivity index is 1.97. The number of hydrogen-bond donors (Lipinski definition) is 1. The fourth-order valence-corrected chi connectivity index (χ4v) is 3.21. The van der Waals surface area contributed by atoms with E-state index in [0.29, 0.717) is 29.6 Å². The molecule has 21 heavy (non-hydrogen) atoms. The summed E-state index contributed by atoms with van der Waals surface area (Å²) in [7, 11) is 0. The summed E-state index contributed by atoms with van der Waals surface area (Å²) in [6.45, 7) is 8.29. The second kappa shape index (κ2) is 6.85. The lowest BCUT2D eigenvalue weighted by atomic mass is 9.92. The Morgan fingerprint density at radius 2 is 1.81 bits per heavy atom. The fraction of sp³-hybridized carbons (Fsp3) is 0.529. The second-order valence-corrected chi connectivity index (χ2v) is 6.29. The van der Waals surface area contributed by atoms with Gasteiger partial charge in [0.15, 0.2) is 5.78 Å². The lowest BCUT2D eigenvalue weighted by molar-refractivity contribution is -0.117. The molecule has 4 nitrogen and oxygen atoms in total. The molecule has 0 unspecified atom stereocenters. The lowest BCUT2D eigenvalue weighted by Gasteiger charge is -2.34. The largest absolute Gasteiger partial charge is 0.324 e. The Morgan fingerprint density at radius 3 is 2.43 bits per heavy atom. The van der Waals surface area contributed by atoms with Gasteiger partial charge in [-0.15, -0.1) is 0 Å². The number of likely N-dealkylation sites (tertiary alicyclic amines) is 1. The van der Waals surface area contributed by atoms with Crippen LogP contribution >= 0.6 is 0 Å². The van der Waals surface area contributed by atoms with Gasteiger partial charge in [-0.2, -0.15) is 0 Å². The molecule has 4 heteroatoms. The molecule has 1 aliphatic rings. The first-order valence-electron chi connectivity index (χ1n) is 7.58. The number of amides is 1. The standard InChI is InChI=1S/C17H24N2O2/c1-12-8-13(2)10-19(9-12)11-17(21)18-16-7-5-4-6-15(16)14(3)20/h4-7,12-13H,8-11H2,1-3H3,(H,18,21)/t12-,13+. The third-order valence-electron chi connectivity index (χ3n) is 3.89. The topological polar surface area (TPSA) is 49.4 Å². The Morgan fingerprint density at radius 1 is 1.19 bits per heavy atom. The van der Waals surface area contributed by atoms with Crippen LogP contribution in [0.1, 0.15) is 37.6 Å². The third-order valence-corrected chi connectivity index (χ3v) is 3.89. The van der Waals surface area contributed by atoms with E-state index in [1.165, 1.54) is 13.3 Å². The van der Waals surface area contributed by atoms with Gasteiger partial charge in [0.2, 0.25) is 5.91 Å². The minimum Gasteiger partial charge on any atom is -0.324 e. The molecule has 1 fully saturated rings. The molecule has 2 atom stereocenters. The van der Waals surface area contributed by atoms with Crippen LogP contribution in [0.3, 0.4) is 0 Å². The van der Waals surface area contributed by atoms with Gasteiger partial charge in [0.05, 0.1) is 12.2 Å². The molecule has 1 saturated heterocycles. The number of carbonyl (C=O) groups is 2. The zero-order chi connectivity index (χ0) is 15.4. The van der Waals surface area contributed by atoms with Gasteiger partial charge in [0.1, 0.15) is 0 Å². The monoisotopic (exact) mass is 288 g/mol. The number of hydrogen-bond acceptors (Lipinski definition) is 3. The van der Waals surface area contributed by atoms with E-state index in [0.717, 1.165) is 13.1 Å². The van der Waals surface area contributed by atoms with E-state index in [-0.39, 0.29) is 11.7 Å². The highest BCUT2D eigenvalue weighted by molar-refractivity contribution is 6.04. The Hall–Kier alpha value is -1.68. The minimum atomic E-state index is -0.0509. The summed E-state index contributed by atoms with van der Waals surface area (Å²) in [6.07, 6.45) is 1.23. The number of rotatable bonds is 4. The maximum Gasteiger partial charge on any atom is 0.238 e. The molecule has 0 radical (unpaired) electrons. The van der Waals surface area contributed by atoms with Crippen molar-refractivity contribution in [1.29, 1.82) is 0 Å². The van der Waals surface area contributed by atoms with E-state index in [2.05, 4.69) is 24.1 Å². The predicted octanol–water partition coefficient (Wildman–Crippen LogP) is 2.81. The molecule has 2 rings (SSSR count). The van der Waals surface area contributed by atoms with Crippen molar-refractivity contribution in [2.24, 2.45) is 11.8 Å². The predicted molar refractivity (Wildman–Crippen MR) is 84.5 cm³/mol. The highest BCUT2D eigenvalue weighted by Crippen LogP contribution is 2.21. The van der Waals surface area contributed by atoms with E-state index in [4.69, 9.17) is 0 Å². The van der Waals surface area contributed by atoms with Crippen molar-refractivity contribution in [2.45, 2.75) is 27.2 Å². The average molecular weight is 288 g/mol. The minimum absolute atomic E-state index is 0.0360. The van der Waals surface area contributed by atoms with Crippen molar-refractivity contribution in [2.75, 3.05) is 25.0 Å². The van der Waals surface area contributed by atoms with Crippen LogP contribution in [0.25, 0.3) is 0 Å².